The molecule has 8 heteroatoms. The molecule has 0 aromatic heterocycles. The number of nitrogens with one attached hydrogen (secondary N) is 2. The highest BCUT2D eigenvalue weighted by atomic mass is 16.5. The normalized spacial score (nSPS) is 16.5. The first kappa shape index (κ1) is 24.4. The van der Waals surface area contributed by atoms with Crippen LogP contribution in [0.15, 0.2) is 72.8 Å². The van der Waals surface area contributed by atoms with Crippen LogP contribution in [0.25, 0.3) is 0 Å². The van der Waals surface area contributed by atoms with Crippen molar-refractivity contribution in [2.45, 2.75) is 25.4 Å². The Morgan fingerprint density at radius 3 is 2.43 bits per heavy atom. The highest BCUT2D eigenvalue weighted by Gasteiger charge is 2.35. The molecule has 0 saturated carbocycles. The molecule has 3 aromatic rings. The third kappa shape index (κ3) is 5.29. The Kier molecular flexibility index (Phi) is 7.09. The van der Waals surface area contributed by atoms with E-state index in [4.69, 9.17) is 4.74 Å². The SMILES string of the molecule is O=C(Nc1ccccc1C(=O)NCC1CCCO1)c1ccc2c(c1)C(=O)N(CCc1ccccc1)C2=O. The summed E-state index contributed by atoms with van der Waals surface area (Å²) in [4.78, 5) is 52.9. The first-order valence-corrected chi connectivity index (χ1v) is 12.4. The zero-order valence-electron chi connectivity index (χ0n) is 20.2. The Bertz CT molecular complexity index is 1350. The number of para-hydroxylation sites is 1. The first-order valence-electron chi connectivity index (χ1n) is 12.4. The standard InChI is InChI=1S/C29H27N3O5/c33-26(31-25-11-5-4-10-23(25)27(34)30-18-21-9-6-16-37-21)20-12-13-22-24(17-20)29(36)32(28(22)35)15-14-19-7-2-1-3-8-19/h1-5,7-8,10-13,17,21H,6,9,14-16,18H2,(H,30,34)(H,31,33). The molecule has 188 valence electrons. The highest BCUT2D eigenvalue weighted by molar-refractivity contribution is 6.22. The van der Waals surface area contributed by atoms with Crippen LogP contribution in [-0.4, -0.2) is 54.3 Å². The summed E-state index contributed by atoms with van der Waals surface area (Å²) in [7, 11) is 0. The van der Waals surface area contributed by atoms with E-state index in [0.29, 0.717) is 30.8 Å². The maximum Gasteiger partial charge on any atom is 0.261 e. The van der Waals surface area contributed by atoms with Crippen LogP contribution in [0.2, 0.25) is 0 Å². The Morgan fingerprint density at radius 1 is 0.892 bits per heavy atom. The Balaban J connectivity index is 1.27. The summed E-state index contributed by atoms with van der Waals surface area (Å²) in [6, 6.07) is 20.8. The van der Waals surface area contributed by atoms with Crippen molar-refractivity contribution in [3.63, 3.8) is 0 Å². The number of carbonyl (C=O) groups excluding carboxylic acids is 4. The van der Waals surface area contributed by atoms with Crippen LogP contribution in [0, 0.1) is 0 Å². The van der Waals surface area contributed by atoms with Crippen LogP contribution in [-0.2, 0) is 11.2 Å². The lowest BCUT2D eigenvalue weighted by atomic mass is 10.0. The molecule has 37 heavy (non-hydrogen) atoms. The molecule has 2 heterocycles. The van der Waals surface area contributed by atoms with Crippen LogP contribution in [0.3, 0.4) is 0 Å². The molecule has 1 unspecified atom stereocenters. The molecule has 3 aromatic carbocycles. The van der Waals surface area contributed by atoms with E-state index >= 15 is 0 Å². The van der Waals surface area contributed by atoms with Gasteiger partial charge >= 0.3 is 0 Å². The number of hydrogen-bond donors (Lipinski definition) is 2. The third-order valence-electron chi connectivity index (χ3n) is 6.63. The summed E-state index contributed by atoms with van der Waals surface area (Å²) < 4.78 is 5.55. The van der Waals surface area contributed by atoms with Crippen LogP contribution in [0.1, 0.15) is 59.8 Å². The summed E-state index contributed by atoms with van der Waals surface area (Å²) >= 11 is 0. The maximum absolute atomic E-state index is 13.1. The van der Waals surface area contributed by atoms with Crippen molar-refractivity contribution in [3.05, 3.63) is 101 Å². The Labute approximate surface area is 214 Å². The van der Waals surface area contributed by atoms with Crippen molar-refractivity contribution in [3.8, 4) is 0 Å². The number of imide groups is 1. The second-order valence-electron chi connectivity index (χ2n) is 9.10. The minimum Gasteiger partial charge on any atom is -0.376 e. The molecule has 0 bridgehead atoms. The van der Waals surface area contributed by atoms with Gasteiger partial charge in [-0.05, 0) is 55.2 Å². The van der Waals surface area contributed by atoms with E-state index in [2.05, 4.69) is 10.6 Å². The largest absolute Gasteiger partial charge is 0.376 e. The molecule has 4 amide bonds. The van der Waals surface area contributed by atoms with Gasteiger partial charge in [-0.15, -0.1) is 0 Å². The first-order chi connectivity index (χ1) is 18.0. The van der Waals surface area contributed by atoms with Gasteiger partial charge in [0.05, 0.1) is 28.5 Å². The number of rotatable bonds is 8. The minimum absolute atomic E-state index is 0.00428. The molecule has 0 aliphatic carbocycles. The number of fused-ring (bicyclic) bond motifs is 1. The van der Waals surface area contributed by atoms with E-state index in [1.54, 1.807) is 24.3 Å². The highest BCUT2D eigenvalue weighted by Crippen LogP contribution is 2.25. The maximum atomic E-state index is 13.1. The fraction of sp³-hybridized carbons (Fsp3) is 0.241. The molecule has 5 rings (SSSR count). The molecule has 2 N–H and O–H groups in total. The van der Waals surface area contributed by atoms with Gasteiger partial charge in [0.2, 0.25) is 0 Å². The monoisotopic (exact) mass is 497 g/mol. The third-order valence-corrected chi connectivity index (χ3v) is 6.63. The van der Waals surface area contributed by atoms with Crippen LogP contribution < -0.4 is 10.6 Å². The molecule has 0 spiro atoms. The fourth-order valence-electron chi connectivity index (χ4n) is 4.61. The van der Waals surface area contributed by atoms with Crippen LogP contribution in [0.5, 0.6) is 0 Å². The van der Waals surface area contributed by atoms with Crippen molar-refractivity contribution in [1.29, 1.82) is 0 Å². The van der Waals surface area contributed by atoms with E-state index in [1.165, 1.54) is 23.1 Å². The van der Waals surface area contributed by atoms with Gasteiger partial charge < -0.3 is 15.4 Å². The Hall–Kier alpha value is -4.30. The van der Waals surface area contributed by atoms with Gasteiger partial charge in [-0.3, -0.25) is 24.1 Å². The number of hydrogen-bond acceptors (Lipinski definition) is 5. The van der Waals surface area contributed by atoms with Crippen molar-refractivity contribution >= 4 is 29.3 Å². The second-order valence-corrected chi connectivity index (χ2v) is 9.10. The lowest BCUT2D eigenvalue weighted by Crippen LogP contribution is -2.32. The lowest BCUT2D eigenvalue weighted by molar-refractivity contribution is 0.0655. The van der Waals surface area contributed by atoms with Gasteiger partial charge in [-0.2, -0.15) is 0 Å². The summed E-state index contributed by atoms with van der Waals surface area (Å²) in [5.74, 6) is -1.57. The van der Waals surface area contributed by atoms with E-state index in [9.17, 15) is 19.2 Å². The van der Waals surface area contributed by atoms with E-state index in [1.807, 2.05) is 30.3 Å². The number of ether oxygens (including phenoxy) is 1. The zero-order chi connectivity index (χ0) is 25.8. The second kappa shape index (κ2) is 10.8. The topological polar surface area (TPSA) is 105 Å². The van der Waals surface area contributed by atoms with Gasteiger partial charge in [0, 0.05) is 25.3 Å². The summed E-state index contributed by atoms with van der Waals surface area (Å²) in [5.41, 5.74) is 2.41. The predicted octanol–water partition coefficient (Wildman–Crippen LogP) is 3.69. The summed E-state index contributed by atoms with van der Waals surface area (Å²) in [6.07, 6.45) is 2.43. The average molecular weight is 498 g/mol. The van der Waals surface area contributed by atoms with Crippen molar-refractivity contribution in [2.75, 3.05) is 25.0 Å². The Morgan fingerprint density at radius 2 is 1.65 bits per heavy atom. The van der Waals surface area contributed by atoms with Crippen LogP contribution in [0.4, 0.5) is 5.69 Å². The number of nitrogens with zero attached hydrogens (tertiary/aromatic N) is 1. The molecule has 8 nitrogen and oxygen atoms in total. The molecule has 1 saturated heterocycles. The predicted molar refractivity (Wildman–Crippen MR) is 138 cm³/mol. The van der Waals surface area contributed by atoms with Gasteiger partial charge in [0.15, 0.2) is 0 Å². The lowest BCUT2D eigenvalue weighted by Gasteiger charge is -2.14. The molecule has 1 atom stereocenters. The summed E-state index contributed by atoms with van der Waals surface area (Å²) in [6.45, 7) is 1.36. The summed E-state index contributed by atoms with van der Waals surface area (Å²) in [5, 5.41) is 5.63. The van der Waals surface area contributed by atoms with E-state index in [-0.39, 0.29) is 41.2 Å². The molecular formula is C29H27N3O5. The van der Waals surface area contributed by atoms with Gasteiger partial charge in [-0.25, -0.2) is 0 Å². The van der Waals surface area contributed by atoms with Crippen molar-refractivity contribution in [1.82, 2.24) is 10.2 Å². The molecule has 2 aliphatic heterocycles. The fourth-order valence-corrected chi connectivity index (χ4v) is 4.61. The van der Waals surface area contributed by atoms with Crippen molar-refractivity contribution < 1.29 is 23.9 Å². The van der Waals surface area contributed by atoms with Gasteiger partial charge in [0.1, 0.15) is 0 Å². The molecule has 1 fully saturated rings. The smallest absolute Gasteiger partial charge is 0.261 e. The number of amides is 4. The van der Waals surface area contributed by atoms with Gasteiger partial charge in [-0.1, -0.05) is 42.5 Å². The number of anilines is 1. The quantitative estimate of drug-likeness (QED) is 0.462. The zero-order valence-corrected chi connectivity index (χ0v) is 20.2. The van der Waals surface area contributed by atoms with E-state index < -0.39 is 11.8 Å². The number of carbonyl (C=O) groups is 4. The number of benzene rings is 3. The average Bonchev–Trinajstić information content (AvgIpc) is 3.53. The molecule has 2 aliphatic rings. The van der Waals surface area contributed by atoms with Gasteiger partial charge in [0.25, 0.3) is 23.6 Å². The molecule has 0 radical (unpaired) electrons. The van der Waals surface area contributed by atoms with Crippen LogP contribution >= 0.6 is 0 Å². The molecular weight excluding hydrogens is 470 g/mol. The minimum atomic E-state index is -0.481. The van der Waals surface area contributed by atoms with E-state index in [0.717, 1.165) is 18.4 Å². The van der Waals surface area contributed by atoms with Crippen molar-refractivity contribution in [2.24, 2.45) is 0 Å².